The number of rotatable bonds is 9. The molecule has 8 nitrogen and oxygen atoms in total. The number of nitrogens with zero attached hydrogens (tertiary/aromatic N) is 2. The number of aromatic nitrogens is 1. The average molecular weight is 631 g/mol. The molecular weight excluding hydrogens is 596 g/mol. The van der Waals surface area contributed by atoms with Gasteiger partial charge in [0.1, 0.15) is 11.4 Å². The van der Waals surface area contributed by atoms with Crippen LogP contribution in [0, 0.1) is 12.7 Å². The monoisotopic (exact) mass is 630 g/mol. The smallest absolute Gasteiger partial charge is 0.421 e. The normalized spacial score (nSPS) is 10.6. The van der Waals surface area contributed by atoms with E-state index in [0.29, 0.717) is 5.56 Å². The van der Waals surface area contributed by atoms with E-state index in [1.54, 1.807) is 25.1 Å². The quantitative estimate of drug-likeness (QED) is 0.186. The molecule has 0 bridgehead atoms. The highest BCUT2D eigenvalue weighted by Crippen LogP contribution is 2.35. The van der Waals surface area contributed by atoms with E-state index in [9.17, 15) is 27.2 Å². The fourth-order valence-electron chi connectivity index (χ4n) is 3.74. The molecule has 1 amide bonds. The predicted molar refractivity (Wildman–Crippen MR) is 155 cm³/mol. The second kappa shape index (κ2) is 18.0. The number of benzene rings is 2. The van der Waals surface area contributed by atoms with Gasteiger partial charge in [0.15, 0.2) is 0 Å². The van der Waals surface area contributed by atoms with Gasteiger partial charge in [0.05, 0.1) is 50.3 Å². The summed E-state index contributed by atoms with van der Waals surface area (Å²) in [5.41, 5.74) is -0.165. The number of hydrogen-bond donors (Lipinski definition) is 0. The van der Waals surface area contributed by atoms with Crippen molar-refractivity contribution in [3.63, 3.8) is 0 Å². The van der Waals surface area contributed by atoms with Crippen LogP contribution in [0.5, 0.6) is 5.88 Å². The van der Waals surface area contributed by atoms with Gasteiger partial charge in [-0.1, -0.05) is 37.6 Å². The van der Waals surface area contributed by atoms with Gasteiger partial charge in [-0.05, 0) is 48.9 Å². The van der Waals surface area contributed by atoms with Crippen molar-refractivity contribution in [3.05, 3.63) is 87.8 Å². The maximum Gasteiger partial charge on any atom is 0.421 e. The van der Waals surface area contributed by atoms with Gasteiger partial charge < -0.3 is 18.9 Å². The topological polar surface area (TPSA) is 87.2 Å². The first-order chi connectivity index (χ1) is 20.4. The molecule has 0 unspecified atom stereocenters. The van der Waals surface area contributed by atoms with Crippen LogP contribution < -0.4 is 9.64 Å². The number of anilines is 1. The molecule has 0 spiro atoms. The molecule has 0 N–H and O–H groups in total. The standard InChI is InChI=1S/C20H21ClFNO5.C8H8F3NO.C2H6/c1-26-11-14(12-27-2)23(18-7-5-4-6-16(18)20(25)28-3)19(24)15-9-8-13(21)10-17(15)22;1-5-3-6(8(9,10)11)7(13-2)12-4-5;1-2/h4-10,14H,11-12H2,1-3H3;3-4H,1-2H3;1-2H3. The van der Waals surface area contributed by atoms with Crippen molar-refractivity contribution in [2.45, 2.75) is 33.0 Å². The van der Waals surface area contributed by atoms with Gasteiger partial charge in [0.25, 0.3) is 5.91 Å². The van der Waals surface area contributed by atoms with Crippen LogP contribution in [0.1, 0.15) is 45.7 Å². The zero-order chi connectivity index (χ0) is 32.7. The molecule has 0 radical (unpaired) electrons. The largest absolute Gasteiger partial charge is 0.481 e. The lowest BCUT2D eigenvalue weighted by Crippen LogP contribution is -2.46. The lowest BCUT2D eigenvalue weighted by Gasteiger charge is -2.32. The lowest BCUT2D eigenvalue weighted by atomic mass is 10.1. The van der Waals surface area contributed by atoms with Gasteiger partial charge in [-0.3, -0.25) is 9.69 Å². The van der Waals surface area contributed by atoms with Crippen LogP contribution in [-0.2, 0) is 20.4 Å². The second-order valence-corrected chi connectivity index (χ2v) is 8.88. The van der Waals surface area contributed by atoms with E-state index in [1.165, 1.54) is 50.6 Å². The molecule has 3 rings (SSSR count). The van der Waals surface area contributed by atoms with E-state index in [4.69, 9.17) is 25.8 Å². The number of pyridine rings is 1. The third-order valence-electron chi connectivity index (χ3n) is 5.52. The summed E-state index contributed by atoms with van der Waals surface area (Å²) in [6.45, 7) is 5.75. The summed E-state index contributed by atoms with van der Waals surface area (Å²) in [7, 11) is 5.35. The Morgan fingerprint density at radius 3 is 2.07 bits per heavy atom. The van der Waals surface area contributed by atoms with Crippen LogP contribution in [0.25, 0.3) is 0 Å². The predicted octanol–water partition coefficient (Wildman–Crippen LogP) is 7.02. The molecular formula is C30H35ClF4N2O6. The first-order valence-corrected chi connectivity index (χ1v) is 13.3. The second-order valence-electron chi connectivity index (χ2n) is 8.44. The highest BCUT2D eigenvalue weighted by atomic mass is 35.5. The number of hydrogen-bond acceptors (Lipinski definition) is 7. The van der Waals surface area contributed by atoms with Gasteiger partial charge in [0.2, 0.25) is 5.88 Å². The number of para-hydroxylation sites is 1. The Kier molecular flexibility index (Phi) is 15.6. The molecule has 1 heterocycles. The Morgan fingerprint density at radius 1 is 0.953 bits per heavy atom. The first kappa shape index (κ1) is 37.3. The van der Waals surface area contributed by atoms with Crippen LogP contribution >= 0.6 is 11.6 Å². The van der Waals surface area contributed by atoms with Gasteiger partial charge in [-0.2, -0.15) is 13.2 Å². The van der Waals surface area contributed by atoms with Gasteiger partial charge >= 0.3 is 12.1 Å². The lowest BCUT2D eigenvalue weighted by molar-refractivity contribution is -0.139. The number of aryl methyl sites for hydroxylation is 1. The van der Waals surface area contributed by atoms with E-state index in [2.05, 4.69) is 9.72 Å². The number of alkyl halides is 3. The molecule has 0 atom stereocenters. The van der Waals surface area contributed by atoms with E-state index >= 15 is 0 Å². The fourth-order valence-corrected chi connectivity index (χ4v) is 3.89. The minimum absolute atomic E-state index is 0.101. The van der Waals surface area contributed by atoms with Crippen LogP contribution in [-0.4, -0.2) is 64.6 Å². The van der Waals surface area contributed by atoms with Gasteiger partial charge in [0, 0.05) is 25.4 Å². The van der Waals surface area contributed by atoms with E-state index in [-0.39, 0.29) is 35.1 Å². The summed E-state index contributed by atoms with van der Waals surface area (Å²) in [6, 6.07) is 10.6. The van der Waals surface area contributed by atoms with E-state index in [1.807, 2.05) is 13.8 Å². The maximum absolute atomic E-state index is 14.5. The molecule has 0 aliphatic rings. The summed E-state index contributed by atoms with van der Waals surface area (Å²) in [6.07, 6.45) is -3.08. The summed E-state index contributed by atoms with van der Waals surface area (Å²) >= 11 is 5.80. The summed E-state index contributed by atoms with van der Waals surface area (Å²) in [5, 5.41) is 0.167. The Labute approximate surface area is 253 Å². The van der Waals surface area contributed by atoms with Crippen molar-refractivity contribution in [1.29, 1.82) is 0 Å². The Bertz CT molecular complexity index is 1330. The Balaban J connectivity index is 0.000000514. The van der Waals surface area contributed by atoms with Crippen molar-refractivity contribution in [2.75, 3.05) is 46.6 Å². The molecule has 13 heteroatoms. The van der Waals surface area contributed by atoms with Crippen molar-refractivity contribution in [3.8, 4) is 5.88 Å². The highest BCUT2D eigenvalue weighted by molar-refractivity contribution is 6.30. The van der Waals surface area contributed by atoms with Crippen LogP contribution in [0.3, 0.4) is 0 Å². The number of ether oxygens (including phenoxy) is 4. The number of halogens is 5. The summed E-state index contributed by atoms with van der Waals surface area (Å²) < 4.78 is 71.1. The third-order valence-corrected chi connectivity index (χ3v) is 5.75. The van der Waals surface area contributed by atoms with Crippen molar-refractivity contribution in [2.24, 2.45) is 0 Å². The first-order valence-electron chi connectivity index (χ1n) is 12.9. The zero-order valence-electron chi connectivity index (χ0n) is 24.9. The summed E-state index contributed by atoms with van der Waals surface area (Å²) in [5.74, 6) is -2.45. The molecule has 43 heavy (non-hydrogen) atoms. The van der Waals surface area contributed by atoms with Gasteiger partial charge in [-0.25, -0.2) is 14.2 Å². The molecule has 0 saturated carbocycles. The third kappa shape index (κ3) is 10.5. The minimum atomic E-state index is -4.41. The van der Waals surface area contributed by atoms with E-state index in [0.717, 1.165) is 19.2 Å². The molecule has 2 aromatic carbocycles. The minimum Gasteiger partial charge on any atom is -0.481 e. The summed E-state index contributed by atoms with van der Waals surface area (Å²) in [4.78, 5) is 30.3. The van der Waals surface area contributed by atoms with Crippen LogP contribution in [0.15, 0.2) is 54.7 Å². The SMILES string of the molecule is CC.COCC(COC)N(C(=O)c1ccc(Cl)cc1F)c1ccccc1C(=O)OC.COc1ncc(C)cc1C(F)(F)F. The Morgan fingerprint density at radius 2 is 1.56 bits per heavy atom. The molecule has 0 saturated heterocycles. The molecule has 0 fully saturated rings. The molecule has 0 aliphatic heterocycles. The average Bonchev–Trinajstić information content (AvgIpc) is 2.98. The van der Waals surface area contributed by atoms with Crippen LogP contribution in [0.2, 0.25) is 5.02 Å². The Hall–Kier alpha value is -3.74. The number of esters is 1. The molecule has 3 aromatic rings. The van der Waals surface area contributed by atoms with Crippen molar-refractivity contribution >= 4 is 29.2 Å². The number of carbonyl (C=O) groups excluding carboxylic acids is 2. The van der Waals surface area contributed by atoms with Crippen molar-refractivity contribution in [1.82, 2.24) is 4.98 Å². The van der Waals surface area contributed by atoms with Crippen molar-refractivity contribution < 1.29 is 46.1 Å². The van der Waals surface area contributed by atoms with E-state index < -0.39 is 41.4 Å². The zero-order valence-corrected chi connectivity index (χ0v) is 25.7. The van der Waals surface area contributed by atoms with Crippen LogP contribution in [0.4, 0.5) is 23.2 Å². The van der Waals surface area contributed by atoms with Gasteiger partial charge in [-0.15, -0.1) is 0 Å². The number of methoxy groups -OCH3 is 4. The molecule has 236 valence electrons. The maximum atomic E-state index is 14.5. The highest BCUT2D eigenvalue weighted by Gasteiger charge is 2.35. The molecule has 0 aliphatic carbocycles. The fraction of sp³-hybridized carbons (Fsp3) is 0.367. The molecule has 1 aromatic heterocycles. The number of carbonyl (C=O) groups is 2. The number of amides is 1.